The summed E-state index contributed by atoms with van der Waals surface area (Å²) in [5, 5.41) is 13.9. The highest BCUT2D eigenvalue weighted by atomic mass is 35.5. The lowest BCUT2D eigenvalue weighted by molar-refractivity contribution is -0.133. The van der Waals surface area contributed by atoms with Crippen LogP contribution in [0.25, 0.3) is 11.6 Å². The van der Waals surface area contributed by atoms with Gasteiger partial charge in [-0.05, 0) is 48.9 Å². The molecule has 0 fully saturated rings. The van der Waals surface area contributed by atoms with Gasteiger partial charge in [0.05, 0.1) is 19.8 Å². The van der Waals surface area contributed by atoms with Crippen molar-refractivity contribution in [3.63, 3.8) is 0 Å². The lowest BCUT2D eigenvalue weighted by atomic mass is 10.0. The fraction of sp³-hybridized carbons (Fsp3) is 0.250. The fourth-order valence-corrected chi connectivity index (χ4v) is 3.60. The van der Waals surface area contributed by atoms with Crippen LogP contribution < -0.4 is 19.5 Å². The SMILES string of the molecule is COC(=O)C(=Cc1ccc(OCC(O)CNC(C)Oc2ccccc2OC)cc1)c1ccccc1Cl. The number of carbonyl (C=O) groups is 1. The smallest absolute Gasteiger partial charge is 0.338 e. The van der Waals surface area contributed by atoms with Crippen LogP contribution in [0.3, 0.4) is 0 Å². The number of benzene rings is 3. The molecule has 0 amide bonds. The number of hydrogen-bond donors (Lipinski definition) is 2. The summed E-state index contributed by atoms with van der Waals surface area (Å²) < 4.78 is 21.7. The van der Waals surface area contributed by atoms with Crippen LogP contribution in [0.15, 0.2) is 72.8 Å². The van der Waals surface area contributed by atoms with Gasteiger partial charge in [-0.2, -0.15) is 0 Å². The van der Waals surface area contributed by atoms with Crippen molar-refractivity contribution >= 4 is 29.2 Å². The molecule has 3 aromatic carbocycles. The topological polar surface area (TPSA) is 86.3 Å². The molecule has 7 nitrogen and oxygen atoms in total. The highest BCUT2D eigenvalue weighted by Crippen LogP contribution is 2.28. The van der Waals surface area contributed by atoms with Crippen molar-refractivity contribution in [2.75, 3.05) is 27.4 Å². The van der Waals surface area contributed by atoms with Gasteiger partial charge in [-0.3, -0.25) is 5.32 Å². The molecule has 190 valence electrons. The second-order valence-electron chi connectivity index (χ2n) is 7.88. The molecule has 0 radical (unpaired) electrons. The summed E-state index contributed by atoms with van der Waals surface area (Å²) in [6, 6.07) is 21.6. The number of hydrogen-bond acceptors (Lipinski definition) is 7. The Morgan fingerprint density at radius 2 is 1.67 bits per heavy atom. The summed E-state index contributed by atoms with van der Waals surface area (Å²) in [5.41, 5.74) is 1.71. The molecule has 0 bridgehead atoms. The first-order chi connectivity index (χ1) is 17.4. The number of para-hydroxylation sites is 2. The van der Waals surface area contributed by atoms with Crippen LogP contribution in [0.5, 0.6) is 17.2 Å². The highest BCUT2D eigenvalue weighted by Gasteiger charge is 2.15. The Bertz CT molecular complexity index is 1160. The van der Waals surface area contributed by atoms with Crippen molar-refractivity contribution in [2.45, 2.75) is 19.3 Å². The molecular weight excluding hydrogens is 482 g/mol. The molecule has 36 heavy (non-hydrogen) atoms. The Hall–Kier alpha value is -3.52. The maximum absolute atomic E-state index is 12.3. The zero-order valence-electron chi connectivity index (χ0n) is 20.4. The van der Waals surface area contributed by atoms with E-state index in [0.717, 1.165) is 5.56 Å². The molecule has 3 rings (SSSR count). The quantitative estimate of drug-likeness (QED) is 0.156. The number of aliphatic hydroxyl groups excluding tert-OH is 1. The number of halogens is 1. The molecule has 3 aromatic rings. The van der Waals surface area contributed by atoms with Crippen LogP contribution in [0.4, 0.5) is 0 Å². The van der Waals surface area contributed by atoms with E-state index in [1.807, 2.05) is 43.3 Å². The monoisotopic (exact) mass is 511 g/mol. The van der Waals surface area contributed by atoms with Gasteiger partial charge in [0.1, 0.15) is 24.7 Å². The van der Waals surface area contributed by atoms with Crippen LogP contribution in [0.2, 0.25) is 5.02 Å². The number of nitrogens with one attached hydrogen (secondary N) is 1. The Labute approximate surface area is 216 Å². The zero-order chi connectivity index (χ0) is 25.9. The van der Waals surface area contributed by atoms with E-state index in [2.05, 4.69) is 5.32 Å². The summed E-state index contributed by atoms with van der Waals surface area (Å²) in [6.45, 7) is 2.21. The van der Waals surface area contributed by atoms with Crippen LogP contribution in [-0.2, 0) is 9.53 Å². The first-order valence-corrected chi connectivity index (χ1v) is 11.8. The second-order valence-corrected chi connectivity index (χ2v) is 8.29. The Kier molecular flexibility index (Phi) is 10.2. The normalized spacial score (nSPS) is 13.0. The first-order valence-electron chi connectivity index (χ1n) is 11.4. The summed E-state index contributed by atoms with van der Waals surface area (Å²) in [5.74, 6) is 1.36. The van der Waals surface area contributed by atoms with Crippen molar-refractivity contribution in [3.05, 3.63) is 88.9 Å². The molecule has 0 heterocycles. The van der Waals surface area contributed by atoms with Crippen molar-refractivity contribution in [1.82, 2.24) is 5.32 Å². The van der Waals surface area contributed by atoms with E-state index in [9.17, 15) is 9.90 Å². The van der Waals surface area contributed by atoms with Gasteiger partial charge in [-0.25, -0.2) is 4.79 Å². The Balaban J connectivity index is 1.53. The van der Waals surface area contributed by atoms with Crippen LogP contribution >= 0.6 is 11.6 Å². The minimum Gasteiger partial charge on any atom is -0.493 e. The van der Waals surface area contributed by atoms with E-state index in [0.29, 0.717) is 33.4 Å². The van der Waals surface area contributed by atoms with Crippen LogP contribution in [0.1, 0.15) is 18.1 Å². The largest absolute Gasteiger partial charge is 0.493 e. The standard InChI is InChI=1S/C28H30ClNO6/c1-19(36-27-11-7-6-10-26(27)33-2)30-17-21(31)18-35-22-14-12-20(13-15-22)16-24(28(32)34-3)23-8-4-5-9-25(23)29/h4-16,19,21,30-31H,17-18H2,1-3H3. The third-order valence-electron chi connectivity index (χ3n) is 5.22. The zero-order valence-corrected chi connectivity index (χ0v) is 21.2. The van der Waals surface area contributed by atoms with E-state index in [1.54, 1.807) is 49.6 Å². The lowest BCUT2D eigenvalue weighted by Gasteiger charge is -2.20. The average Bonchev–Trinajstić information content (AvgIpc) is 2.90. The summed E-state index contributed by atoms with van der Waals surface area (Å²) in [7, 11) is 2.91. The molecule has 0 aliphatic rings. The molecule has 0 saturated carbocycles. The molecule has 0 spiro atoms. The van der Waals surface area contributed by atoms with Crippen LogP contribution in [0, 0.1) is 0 Å². The minimum absolute atomic E-state index is 0.0938. The van der Waals surface area contributed by atoms with Crippen LogP contribution in [-0.4, -0.2) is 50.8 Å². The van der Waals surface area contributed by atoms with Gasteiger partial charge < -0.3 is 24.1 Å². The number of rotatable bonds is 12. The molecular formula is C28H30ClNO6. The molecule has 0 saturated heterocycles. The van der Waals surface area contributed by atoms with Crippen molar-refractivity contribution in [3.8, 4) is 17.2 Å². The van der Waals surface area contributed by atoms with E-state index in [1.165, 1.54) is 7.11 Å². The summed E-state index contributed by atoms with van der Waals surface area (Å²) in [6.07, 6.45) is 0.613. The summed E-state index contributed by atoms with van der Waals surface area (Å²) in [4.78, 5) is 12.3. The Morgan fingerprint density at radius 1 is 1.00 bits per heavy atom. The van der Waals surface area contributed by atoms with Gasteiger partial charge in [-0.1, -0.05) is 54.1 Å². The van der Waals surface area contributed by atoms with Gasteiger partial charge >= 0.3 is 5.97 Å². The summed E-state index contributed by atoms with van der Waals surface area (Å²) >= 11 is 6.27. The third kappa shape index (κ3) is 7.75. The molecule has 2 N–H and O–H groups in total. The van der Waals surface area contributed by atoms with E-state index in [4.69, 9.17) is 30.5 Å². The van der Waals surface area contributed by atoms with E-state index >= 15 is 0 Å². The number of aliphatic hydroxyl groups is 1. The van der Waals surface area contributed by atoms with E-state index in [-0.39, 0.29) is 19.4 Å². The number of methoxy groups -OCH3 is 2. The maximum Gasteiger partial charge on any atom is 0.338 e. The predicted octanol–water partition coefficient (Wildman–Crippen LogP) is 4.82. The van der Waals surface area contributed by atoms with E-state index < -0.39 is 12.1 Å². The molecule has 0 aliphatic carbocycles. The average molecular weight is 512 g/mol. The van der Waals surface area contributed by atoms with Gasteiger partial charge in [0.15, 0.2) is 11.5 Å². The van der Waals surface area contributed by atoms with Gasteiger partial charge in [0, 0.05) is 17.1 Å². The molecule has 8 heteroatoms. The fourth-order valence-electron chi connectivity index (χ4n) is 3.36. The number of carbonyl (C=O) groups excluding carboxylic acids is 1. The van der Waals surface area contributed by atoms with Crippen molar-refractivity contribution in [2.24, 2.45) is 0 Å². The number of esters is 1. The minimum atomic E-state index is -0.751. The highest BCUT2D eigenvalue weighted by molar-refractivity contribution is 6.35. The molecule has 0 aliphatic heterocycles. The van der Waals surface area contributed by atoms with Crippen molar-refractivity contribution < 1.29 is 28.8 Å². The first kappa shape index (κ1) is 27.1. The molecule has 2 atom stereocenters. The third-order valence-corrected chi connectivity index (χ3v) is 5.55. The second kappa shape index (κ2) is 13.5. The Morgan fingerprint density at radius 3 is 2.33 bits per heavy atom. The number of ether oxygens (including phenoxy) is 4. The molecule has 2 unspecified atom stereocenters. The molecule has 0 aromatic heterocycles. The van der Waals surface area contributed by atoms with Gasteiger partial charge in [-0.15, -0.1) is 0 Å². The van der Waals surface area contributed by atoms with Crippen molar-refractivity contribution in [1.29, 1.82) is 0 Å². The maximum atomic E-state index is 12.3. The lowest BCUT2D eigenvalue weighted by Crippen LogP contribution is -2.39. The van der Waals surface area contributed by atoms with Gasteiger partial charge in [0.25, 0.3) is 0 Å². The van der Waals surface area contributed by atoms with Gasteiger partial charge in [0.2, 0.25) is 0 Å². The predicted molar refractivity (Wildman–Crippen MR) is 140 cm³/mol.